The van der Waals surface area contributed by atoms with Crippen molar-refractivity contribution in [3.05, 3.63) is 345 Å². The van der Waals surface area contributed by atoms with Gasteiger partial charge in [0.05, 0.1) is 50.8 Å². The zero-order chi connectivity index (χ0) is 81.7. The number of thiophene rings is 3. The lowest BCUT2D eigenvalue weighted by Gasteiger charge is -2.12. The van der Waals surface area contributed by atoms with E-state index in [2.05, 4.69) is 98.3 Å². The number of hydrogen-bond donors (Lipinski definition) is 6. The van der Waals surface area contributed by atoms with Crippen LogP contribution in [0.4, 0.5) is 14.5 Å². The van der Waals surface area contributed by atoms with Crippen molar-refractivity contribution in [1.29, 1.82) is 0 Å². The minimum atomic E-state index is -2.83. The molecule has 0 amide bonds. The number of benzene rings is 3. The highest BCUT2D eigenvalue weighted by atomic mass is 32.1. The van der Waals surface area contributed by atoms with E-state index in [1.807, 2.05) is 61.5 Å². The summed E-state index contributed by atoms with van der Waals surface area (Å²) in [6.45, 7) is 5.01. The summed E-state index contributed by atoms with van der Waals surface area (Å²) in [6, 6.07) is 44.8. The maximum Gasteiger partial charge on any atom is 0.336 e. The Balaban J connectivity index is 0.000000157. The highest BCUT2D eigenvalue weighted by molar-refractivity contribution is 7.12. The monoisotopic (exact) mass is 1600 g/mol. The zero-order valence-corrected chi connectivity index (χ0v) is 65.4. The fourth-order valence-electron chi connectivity index (χ4n) is 11.9. The van der Waals surface area contributed by atoms with Crippen LogP contribution in [0.2, 0.25) is 0 Å². The van der Waals surface area contributed by atoms with E-state index in [9.17, 15) is 37.5 Å². The average Bonchev–Trinajstić information content (AvgIpc) is 1.61. The van der Waals surface area contributed by atoms with Crippen molar-refractivity contribution in [3.63, 3.8) is 0 Å². The Morgan fingerprint density at radius 3 is 1.01 bits per heavy atom. The number of anilines is 1. The third-order valence-electron chi connectivity index (χ3n) is 18.0. The number of furan rings is 2. The van der Waals surface area contributed by atoms with Gasteiger partial charge in [0.15, 0.2) is 0 Å². The Bertz CT molecular complexity index is 5320. The molecule has 0 fully saturated rings. The standard InChI is InChI=1S/C16H18N2O2.2C16H13NO3.C14H13F2NO2S.2C13H13NO2S/c1-18(2)14-7-4-12(5-8-14)3-6-13-11-17-10-9-15(13)16(19)20;18-16(19)14-5-7-17-10-13(14)3-1-11-2-4-15-12(9-11)6-8-20-15;18-16(19)14-5-7-17-10-13(14)4-2-11-1-3-12-6-8-20-15(12)9-11;1-14(15,16)12-5-4-10(20-12)3-2-9-8-17-7-6-11(9)13(18)19;2*1-9-2-4-11(17-9)5-3-10-8-14-7-6-12(10)13(15)16/h4-5,7-11H,3,6H2,1-2H3,(H,19,20);2,4-10H,1,3H2,(H,18,19);1,3,5-10H,2,4H2,(H,18,19);4-8H,2-3H2,1H3,(H,18,19);2*2,4,6-8H,3,5H2,1H3,(H,15,16). The van der Waals surface area contributed by atoms with Crippen molar-refractivity contribution in [2.24, 2.45) is 0 Å². The number of rotatable bonds is 26. The first-order valence-electron chi connectivity index (χ1n) is 36.0. The quantitative estimate of drug-likeness (QED) is 0.0293. The van der Waals surface area contributed by atoms with Crippen LogP contribution in [0.15, 0.2) is 241 Å². The molecule has 114 heavy (non-hydrogen) atoms. The molecule has 3 aromatic carbocycles. The second-order valence-corrected chi connectivity index (χ2v) is 30.3. The van der Waals surface area contributed by atoms with E-state index in [1.54, 1.807) is 90.4 Å². The maximum absolute atomic E-state index is 13.1. The number of nitrogens with zero attached hydrogens (tertiary/aromatic N) is 7. The summed E-state index contributed by atoms with van der Waals surface area (Å²) >= 11 is 4.56. The van der Waals surface area contributed by atoms with Crippen LogP contribution in [0.25, 0.3) is 21.9 Å². The van der Waals surface area contributed by atoms with Crippen molar-refractivity contribution in [3.8, 4) is 0 Å². The molecule has 11 heterocycles. The average molecular weight is 1600 g/mol. The van der Waals surface area contributed by atoms with Gasteiger partial charge < -0.3 is 44.4 Å². The molecule has 26 heteroatoms. The normalized spacial score (nSPS) is 10.7. The third kappa shape index (κ3) is 25.9. The lowest BCUT2D eigenvalue weighted by molar-refractivity contribution is 0.0214. The van der Waals surface area contributed by atoms with E-state index < -0.39 is 41.7 Å². The first-order valence-corrected chi connectivity index (χ1v) is 38.4. The van der Waals surface area contributed by atoms with Crippen molar-refractivity contribution < 1.29 is 77.0 Å². The van der Waals surface area contributed by atoms with Gasteiger partial charge in [0.25, 0.3) is 5.92 Å². The van der Waals surface area contributed by atoms with Gasteiger partial charge in [0.2, 0.25) is 0 Å². The molecule has 21 nitrogen and oxygen atoms in total. The van der Waals surface area contributed by atoms with Crippen LogP contribution in [-0.4, -0.2) is 110 Å². The number of aryl methyl sites for hydroxylation is 14. The van der Waals surface area contributed by atoms with E-state index in [-0.39, 0.29) is 10.4 Å². The lowest BCUT2D eigenvalue weighted by atomic mass is 10.0. The van der Waals surface area contributed by atoms with Gasteiger partial charge in [-0.3, -0.25) is 29.9 Å². The Morgan fingerprint density at radius 1 is 0.351 bits per heavy atom. The fraction of sp³-hybridized carbons (Fsp3) is 0.205. The Morgan fingerprint density at radius 2 is 0.667 bits per heavy atom. The Hall–Kier alpha value is -12.8. The molecular formula is C88H83F2N7O14S3. The van der Waals surface area contributed by atoms with E-state index in [0.29, 0.717) is 65.5 Å². The number of carboxylic acids is 6. The predicted molar refractivity (Wildman–Crippen MR) is 437 cm³/mol. The van der Waals surface area contributed by atoms with Crippen LogP contribution in [-0.2, 0) is 83.0 Å². The Kier molecular flexibility index (Phi) is 31.4. The summed E-state index contributed by atoms with van der Waals surface area (Å²) in [5, 5.41) is 56.7. The van der Waals surface area contributed by atoms with Crippen molar-refractivity contribution in [2.75, 3.05) is 19.0 Å². The Labute approximate surface area is 668 Å². The minimum absolute atomic E-state index is 0.0251. The van der Waals surface area contributed by atoms with Crippen LogP contribution in [0.3, 0.4) is 0 Å². The largest absolute Gasteiger partial charge is 0.478 e. The van der Waals surface area contributed by atoms with E-state index in [0.717, 1.165) is 135 Å². The van der Waals surface area contributed by atoms with Gasteiger partial charge in [0.1, 0.15) is 11.2 Å². The molecule has 0 radical (unpaired) electrons. The third-order valence-corrected chi connectivity index (χ3v) is 21.4. The molecule has 14 aromatic rings. The molecule has 11 aromatic heterocycles. The SMILES string of the molecule is CC(F)(F)c1ccc(CCc2cnccc2C(=O)O)s1.CN(C)c1ccc(CCc2cnccc2C(=O)O)cc1.Cc1ccc(CCc2cnccc2C(=O)O)s1.Cc1ccc(CCc2cnccc2C(=O)O)s1.O=C(O)c1ccncc1CCc1ccc2ccoc2c1.O=C(O)c1ccncc1CCc1ccc2occc2c1. The topological polar surface area (TPSA) is 331 Å². The molecular weight excluding hydrogens is 1510 g/mol. The number of fused-ring (bicyclic) bond motifs is 2. The van der Waals surface area contributed by atoms with E-state index in [4.69, 9.17) is 39.5 Å². The molecule has 0 aliphatic heterocycles. The van der Waals surface area contributed by atoms with Crippen LogP contribution >= 0.6 is 34.0 Å². The highest BCUT2D eigenvalue weighted by Gasteiger charge is 2.26. The van der Waals surface area contributed by atoms with Crippen molar-refractivity contribution in [1.82, 2.24) is 29.9 Å². The first kappa shape index (κ1) is 85.2. The predicted octanol–water partition coefficient (Wildman–Crippen LogP) is 18.9. The molecule has 0 aliphatic rings. The number of carbonyl (C=O) groups is 6. The van der Waals surface area contributed by atoms with Crippen molar-refractivity contribution >= 4 is 97.5 Å². The molecule has 0 bridgehead atoms. The van der Waals surface area contributed by atoms with Gasteiger partial charge >= 0.3 is 35.8 Å². The number of aromatic nitrogens is 6. The van der Waals surface area contributed by atoms with Gasteiger partial charge in [0, 0.05) is 136 Å². The molecule has 14 rings (SSSR count). The van der Waals surface area contributed by atoms with Crippen LogP contribution in [0, 0.1) is 13.8 Å². The number of alkyl halides is 2. The van der Waals surface area contributed by atoms with E-state index >= 15 is 0 Å². The summed E-state index contributed by atoms with van der Waals surface area (Å²) in [7, 11) is 4.01. The molecule has 0 saturated heterocycles. The fourth-order valence-corrected chi connectivity index (χ4v) is 14.6. The number of pyridine rings is 6. The summed E-state index contributed by atoms with van der Waals surface area (Å²) < 4.78 is 36.9. The van der Waals surface area contributed by atoms with Gasteiger partial charge in [-0.05, 0) is 256 Å². The molecule has 0 unspecified atom stereocenters. The van der Waals surface area contributed by atoms with Crippen LogP contribution < -0.4 is 4.90 Å². The van der Waals surface area contributed by atoms with Gasteiger partial charge in [-0.15, -0.1) is 34.0 Å². The van der Waals surface area contributed by atoms with E-state index in [1.165, 1.54) is 92.7 Å². The number of hydrogen-bond acceptors (Lipinski definition) is 18. The van der Waals surface area contributed by atoms with Crippen LogP contribution in [0.1, 0.15) is 148 Å². The number of aromatic carboxylic acids is 6. The molecule has 0 saturated carbocycles. The van der Waals surface area contributed by atoms with Crippen molar-refractivity contribution in [2.45, 2.75) is 104 Å². The summed E-state index contributed by atoms with van der Waals surface area (Å²) in [6.07, 6.45) is 30.4. The summed E-state index contributed by atoms with van der Waals surface area (Å²) in [5.41, 5.74) is 12.7. The molecule has 0 aliphatic carbocycles. The molecule has 0 atom stereocenters. The molecule has 6 N–H and O–H groups in total. The van der Waals surface area contributed by atoms with Gasteiger partial charge in [-0.2, -0.15) is 0 Å². The highest BCUT2D eigenvalue weighted by Crippen LogP contribution is 2.34. The van der Waals surface area contributed by atoms with Gasteiger partial charge in [-0.25, -0.2) is 37.5 Å². The zero-order valence-electron chi connectivity index (χ0n) is 63.0. The number of halogens is 2. The second kappa shape index (κ2) is 42.0. The smallest absolute Gasteiger partial charge is 0.336 e. The van der Waals surface area contributed by atoms with Crippen LogP contribution in [0.5, 0.6) is 0 Å². The maximum atomic E-state index is 13.1. The molecule has 0 spiro atoms. The lowest BCUT2D eigenvalue weighted by Crippen LogP contribution is -2.08. The summed E-state index contributed by atoms with van der Waals surface area (Å²) in [5.74, 6) is -8.32. The number of carboxylic acid groups (broad SMARTS) is 6. The minimum Gasteiger partial charge on any atom is -0.478 e. The molecule has 586 valence electrons. The second-order valence-electron chi connectivity index (χ2n) is 26.4. The first-order chi connectivity index (χ1) is 54.8. The summed E-state index contributed by atoms with van der Waals surface area (Å²) in [4.78, 5) is 98.3. The van der Waals surface area contributed by atoms with Gasteiger partial charge in [-0.1, -0.05) is 30.3 Å².